The highest BCUT2D eigenvalue weighted by Crippen LogP contribution is 2.37. The second kappa shape index (κ2) is 11.1. The maximum Gasteiger partial charge on any atom is 0.193 e. The lowest BCUT2D eigenvalue weighted by atomic mass is 9.95. The first-order valence-electron chi connectivity index (χ1n) is 10.9. The van der Waals surface area contributed by atoms with Gasteiger partial charge in [0.15, 0.2) is 5.78 Å². The summed E-state index contributed by atoms with van der Waals surface area (Å²) >= 11 is 1.71. The average Bonchev–Trinajstić information content (AvgIpc) is 2.90. The van der Waals surface area contributed by atoms with Gasteiger partial charge in [0.2, 0.25) is 0 Å². The van der Waals surface area contributed by atoms with Crippen molar-refractivity contribution < 1.29 is 4.79 Å². The van der Waals surface area contributed by atoms with Crippen LogP contribution in [0.1, 0.15) is 15.9 Å². The number of carbonyl (C=O) groups is 1. The summed E-state index contributed by atoms with van der Waals surface area (Å²) in [5, 5.41) is 0. The highest BCUT2D eigenvalue weighted by Gasteiger charge is 2.11. The molecule has 0 heterocycles. The fourth-order valence-electron chi connectivity index (χ4n) is 3.88. The largest absolute Gasteiger partial charge is 0.289 e. The summed E-state index contributed by atoms with van der Waals surface area (Å²) in [6.45, 7) is 0. The van der Waals surface area contributed by atoms with Crippen LogP contribution >= 0.6 is 25.3 Å². The molecule has 5 aromatic rings. The van der Waals surface area contributed by atoms with Crippen LogP contribution in [0, 0.1) is 0 Å². The van der Waals surface area contributed by atoms with Gasteiger partial charge in [-0.1, -0.05) is 109 Å². The van der Waals surface area contributed by atoms with Gasteiger partial charge in [-0.2, -0.15) is 13.5 Å². The monoisotopic (exact) mass is 476 g/mol. The molecule has 0 amide bonds. The molecule has 0 atom stereocenters. The molecule has 0 fully saturated rings. The molecule has 34 heavy (non-hydrogen) atoms. The normalized spacial score (nSPS) is 10.4. The first kappa shape index (κ1) is 23.6. The molecule has 5 rings (SSSR count). The van der Waals surface area contributed by atoms with Crippen molar-refractivity contribution in [2.24, 2.45) is 0 Å². The maximum absolute atomic E-state index is 12.7. The maximum atomic E-state index is 12.7. The second-order valence-corrected chi connectivity index (χ2v) is 8.91. The molecule has 0 saturated carbocycles. The van der Waals surface area contributed by atoms with Gasteiger partial charge in [-0.15, -0.1) is 0 Å². The van der Waals surface area contributed by atoms with Gasteiger partial charge < -0.3 is 0 Å². The molecule has 5 aromatic carbocycles. The minimum absolute atomic E-state index is 0. The van der Waals surface area contributed by atoms with E-state index in [0.29, 0.717) is 11.1 Å². The molecule has 0 bridgehead atoms. The molecule has 0 unspecified atom stereocenters. The van der Waals surface area contributed by atoms with Crippen molar-refractivity contribution in [3.63, 3.8) is 0 Å². The molecular formula is C31H24OS2. The molecule has 1 nitrogen and oxygen atoms in total. The fraction of sp³-hybridized carbons (Fsp3) is 0. The Morgan fingerprint density at radius 1 is 0.471 bits per heavy atom. The molecule has 0 aliphatic rings. The van der Waals surface area contributed by atoms with Crippen molar-refractivity contribution >= 4 is 31.0 Å². The Morgan fingerprint density at radius 3 is 1.53 bits per heavy atom. The Kier molecular flexibility index (Phi) is 7.69. The standard InChI is InChI=1S/C31H22OS.H2S/c32-31(25-14-8-3-9-15-25)26-16-18-27(19-17-26)33-28-20-21-29(23-10-4-1-5-11-23)30(22-28)24-12-6-2-7-13-24;/h1-22H;1H2. The van der Waals surface area contributed by atoms with Gasteiger partial charge in [0, 0.05) is 20.9 Å². The van der Waals surface area contributed by atoms with Gasteiger partial charge in [0.1, 0.15) is 0 Å². The lowest BCUT2D eigenvalue weighted by Gasteiger charge is -2.13. The van der Waals surface area contributed by atoms with Crippen LogP contribution in [0.25, 0.3) is 22.3 Å². The van der Waals surface area contributed by atoms with Crippen LogP contribution in [0.3, 0.4) is 0 Å². The molecule has 0 aliphatic heterocycles. The number of ketones is 1. The smallest absolute Gasteiger partial charge is 0.193 e. The van der Waals surface area contributed by atoms with Crippen LogP contribution in [-0.4, -0.2) is 5.78 Å². The van der Waals surface area contributed by atoms with Crippen LogP contribution in [-0.2, 0) is 0 Å². The molecule has 3 heteroatoms. The van der Waals surface area contributed by atoms with Gasteiger partial charge in [-0.25, -0.2) is 0 Å². The summed E-state index contributed by atoms with van der Waals surface area (Å²) in [4.78, 5) is 14.9. The summed E-state index contributed by atoms with van der Waals surface area (Å²) < 4.78 is 0. The van der Waals surface area contributed by atoms with Gasteiger partial charge >= 0.3 is 0 Å². The third kappa shape index (κ3) is 5.33. The summed E-state index contributed by atoms with van der Waals surface area (Å²) in [5.41, 5.74) is 6.24. The molecule has 0 N–H and O–H groups in total. The van der Waals surface area contributed by atoms with E-state index < -0.39 is 0 Å². The van der Waals surface area contributed by atoms with Gasteiger partial charge in [-0.3, -0.25) is 4.79 Å². The number of carbonyl (C=O) groups excluding carboxylic acids is 1. The third-order valence-corrected chi connectivity index (χ3v) is 6.55. The molecule has 0 aliphatic carbocycles. The van der Waals surface area contributed by atoms with Crippen molar-refractivity contribution in [2.45, 2.75) is 9.79 Å². The van der Waals surface area contributed by atoms with E-state index >= 15 is 0 Å². The Labute approximate surface area is 212 Å². The van der Waals surface area contributed by atoms with E-state index in [1.807, 2.05) is 66.7 Å². The molecule has 166 valence electrons. The Balaban J connectivity index is 0.00000274. The Bertz CT molecular complexity index is 1360. The van der Waals surface area contributed by atoms with Crippen LogP contribution in [0.15, 0.2) is 143 Å². The van der Waals surface area contributed by atoms with Crippen molar-refractivity contribution in [1.82, 2.24) is 0 Å². The zero-order chi connectivity index (χ0) is 22.5. The summed E-state index contributed by atoms with van der Waals surface area (Å²) in [5.74, 6) is 0.0470. The van der Waals surface area contributed by atoms with E-state index in [1.165, 1.54) is 22.3 Å². The lowest BCUT2D eigenvalue weighted by molar-refractivity contribution is 0.103. The first-order chi connectivity index (χ1) is 16.3. The molecule has 0 spiro atoms. The van der Waals surface area contributed by atoms with Crippen LogP contribution in [0.2, 0.25) is 0 Å². The van der Waals surface area contributed by atoms with Crippen LogP contribution < -0.4 is 0 Å². The highest BCUT2D eigenvalue weighted by atomic mass is 32.2. The van der Waals surface area contributed by atoms with E-state index in [1.54, 1.807) is 11.8 Å². The lowest BCUT2D eigenvalue weighted by Crippen LogP contribution is -2.00. The van der Waals surface area contributed by atoms with Gasteiger partial charge in [-0.05, 0) is 58.7 Å². The number of rotatable bonds is 6. The number of hydrogen-bond donors (Lipinski definition) is 0. The number of hydrogen-bond acceptors (Lipinski definition) is 2. The van der Waals surface area contributed by atoms with Crippen molar-refractivity contribution in [3.8, 4) is 22.3 Å². The SMILES string of the molecule is O=C(c1ccccc1)c1ccc(Sc2ccc(-c3ccccc3)c(-c3ccccc3)c2)cc1.S. The molecule has 0 aromatic heterocycles. The van der Waals surface area contributed by atoms with Crippen LogP contribution in [0.4, 0.5) is 0 Å². The zero-order valence-electron chi connectivity index (χ0n) is 18.5. The first-order valence-corrected chi connectivity index (χ1v) is 11.7. The number of benzene rings is 5. The molecule has 0 radical (unpaired) electrons. The summed E-state index contributed by atoms with van der Waals surface area (Å²) in [6.07, 6.45) is 0. The van der Waals surface area contributed by atoms with E-state index in [4.69, 9.17) is 0 Å². The van der Waals surface area contributed by atoms with E-state index in [0.717, 1.165) is 9.79 Å². The zero-order valence-corrected chi connectivity index (χ0v) is 20.3. The molecular weight excluding hydrogens is 452 g/mol. The Hall–Kier alpha value is -3.53. The minimum Gasteiger partial charge on any atom is -0.289 e. The van der Waals surface area contributed by atoms with Gasteiger partial charge in [0.25, 0.3) is 0 Å². The molecule has 0 saturated heterocycles. The third-order valence-electron chi connectivity index (χ3n) is 5.55. The average molecular weight is 477 g/mol. The summed E-state index contributed by atoms with van der Waals surface area (Å²) in [7, 11) is 0. The fourth-order valence-corrected chi connectivity index (χ4v) is 4.74. The van der Waals surface area contributed by atoms with Crippen molar-refractivity contribution in [2.75, 3.05) is 0 Å². The second-order valence-electron chi connectivity index (χ2n) is 7.76. The highest BCUT2D eigenvalue weighted by molar-refractivity contribution is 7.99. The quantitative estimate of drug-likeness (QED) is 0.228. The minimum atomic E-state index is 0. The van der Waals surface area contributed by atoms with Crippen molar-refractivity contribution in [3.05, 3.63) is 145 Å². The predicted octanol–water partition coefficient (Wildman–Crippen LogP) is 8.52. The van der Waals surface area contributed by atoms with Gasteiger partial charge in [0.05, 0.1) is 0 Å². The summed E-state index contributed by atoms with van der Waals surface area (Å²) in [6, 6.07) is 44.9. The van der Waals surface area contributed by atoms with E-state index in [9.17, 15) is 4.79 Å². The van der Waals surface area contributed by atoms with E-state index in [2.05, 4.69) is 66.7 Å². The van der Waals surface area contributed by atoms with E-state index in [-0.39, 0.29) is 19.3 Å². The Morgan fingerprint density at radius 2 is 0.941 bits per heavy atom. The van der Waals surface area contributed by atoms with Crippen LogP contribution in [0.5, 0.6) is 0 Å². The topological polar surface area (TPSA) is 17.1 Å². The van der Waals surface area contributed by atoms with Crippen molar-refractivity contribution in [1.29, 1.82) is 0 Å². The predicted molar refractivity (Wildman–Crippen MR) is 148 cm³/mol.